The molecule has 0 aliphatic rings. The predicted molar refractivity (Wildman–Crippen MR) is 68.4 cm³/mol. The molecular formula is C12H18BP. The number of hydrogen-bond acceptors (Lipinski definition) is 0. The van der Waals surface area contributed by atoms with Gasteiger partial charge < -0.3 is 0 Å². The van der Waals surface area contributed by atoms with Gasteiger partial charge in [0, 0.05) is 0 Å². The second-order valence-electron chi connectivity index (χ2n) is 3.85. The molecule has 0 bridgehead atoms. The Labute approximate surface area is 90.3 Å². The van der Waals surface area contributed by atoms with Crippen molar-refractivity contribution in [2.75, 3.05) is 12.8 Å². The smallest absolute Gasteiger partial charge is 0.0653 e. The van der Waals surface area contributed by atoms with Crippen LogP contribution in [0.4, 0.5) is 0 Å². The minimum atomic E-state index is 0.00140. The van der Waals surface area contributed by atoms with Crippen molar-refractivity contribution >= 4 is 21.1 Å². The standard InChI is InChI=1S/C12H18BP/c1-10-5-6-11(2)12(9-10)14(3)8-4-7-13/h5-6,9H,4,7-8H2,1-3H3/t14-/m1/s1. The topological polar surface area (TPSA) is 0 Å². The summed E-state index contributed by atoms with van der Waals surface area (Å²) < 4.78 is 0. The van der Waals surface area contributed by atoms with E-state index >= 15 is 0 Å². The molecular weight excluding hydrogens is 186 g/mol. The van der Waals surface area contributed by atoms with Crippen LogP contribution in [0.25, 0.3) is 0 Å². The van der Waals surface area contributed by atoms with Crippen LogP contribution in [0, 0.1) is 13.8 Å². The fraction of sp³-hybridized carbons (Fsp3) is 0.500. The molecule has 0 saturated carbocycles. The van der Waals surface area contributed by atoms with Gasteiger partial charge in [-0.15, -0.1) is 0 Å². The highest BCUT2D eigenvalue weighted by molar-refractivity contribution is 7.65. The van der Waals surface area contributed by atoms with Crippen LogP contribution >= 0.6 is 7.92 Å². The molecule has 0 aromatic heterocycles. The minimum absolute atomic E-state index is 0.00140. The number of rotatable bonds is 4. The van der Waals surface area contributed by atoms with Gasteiger partial charge in [-0.05, 0) is 37.5 Å². The molecule has 0 aliphatic carbocycles. The first-order chi connectivity index (χ1) is 6.65. The Balaban J connectivity index is 2.77. The first-order valence-electron chi connectivity index (χ1n) is 5.13. The molecule has 1 rings (SSSR count). The lowest BCUT2D eigenvalue weighted by atomic mass is 10.0. The van der Waals surface area contributed by atoms with Crippen LogP contribution in [0.3, 0.4) is 0 Å². The quantitative estimate of drug-likeness (QED) is 0.522. The second-order valence-corrected chi connectivity index (χ2v) is 6.18. The Morgan fingerprint density at radius 3 is 2.64 bits per heavy atom. The zero-order valence-corrected chi connectivity index (χ0v) is 10.3. The Morgan fingerprint density at radius 2 is 2.00 bits per heavy atom. The van der Waals surface area contributed by atoms with Crippen molar-refractivity contribution in [3.8, 4) is 0 Å². The molecule has 0 heterocycles. The van der Waals surface area contributed by atoms with E-state index in [9.17, 15) is 0 Å². The molecule has 1 aromatic carbocycles. The van der Waals surface area contributed by atoms with E-state index in [1.807, 2.05) is 0 Å². The van der Waals surface area contributed by atoms with Crippen LogP contribution in [-0.4, -0.2) is 20.7 Å². The normalized spacial score (nSPS) is 12.8. The van der Waals surface area contributed by atoms with Gasteiger partial charge in [0.25, 0.3) is 0 Å². The SMILES string of the molecule is [B]CCC[P@@](C)c1cc(C)ccc1C. The molecule has 0 aliphatic heterocycles. The minimum Gasteiger partial charge on any atom is -0.0883 e. The molecule has 0 N–H and O–H groups in total. The summed E-state index contributed by atoms with van der Waals surface area (Å²) in [7, 11) is 5.53. The third-order valence-electron chi connectivity index (χ3n) is 2.47. The van der Waals surface area contributed by atoms with Crippen LogP contribution in [0.5, 0.6) is 0 Å². The fourth-order valence-corrected chi connectivity index (χ4v) is 3.58. The summed E-state index contributed by atoms with van der Waals surface area (Å²) in [5.74, 6) is 0. The van der Waals surface area contributed by atoms with Gasteiger partial charge in [-0.3, -0.25) is 0 Å². The maximum absolute atomic E-state index is 5.53. The van der Waals surface area contributed by atoms with Crippen molar-refractivity contribution in [3.05, 3.63) is 29.3 Å². The van der Waals surface area contributed by atoms with Crippen molar-refractivity contribution < 1.29 is 0 Å². The van der Waals surface area contributed by atoms with Crippen LogP contribution in [0.1, 0.15) is 17.5 Å². The first-order valence-corrected chi connectivity index (χ1v) is 7.11. The molecule has 0 unspecified atom stereocenters. The largest absolute Gasteiger partial charge is 0.0883 e. The van der Waals surface area contributed by atoms with Crippen molar-refractivity contribution in [1.29, 1.82) is 0 Å². The maximum atomic E-state index is 5.53. The molecule has 0 amide bonds. The summed E-state index contributed by atoms with van der Waals surface area (Å²) >= 11 is 0. The zero-order valence-electron chi connectivity index (χ0n) is 9.38. The summed E-state index contributed by atoms with van der Waals surface area (Å²) in [6.07, 6.45) is 3.23. The first kappa shape index (κ1) is 11.8. The van der Waals surface area contributed by atoms with Gasteiger partial charge in [0.1, 0.15) is 0 Å². The van der Waals surface area contributed by atoms with Gasteiger partial charge in [-0.1, -0.05) is 44.4 Å². The lowest BCUT2D eigenvalue weighted by Gasteiger charge is -2.15. The molecule has 0 saturated heterocycles. The third kappa shape index (κ3) is 3.13. The predicted octanol–water partition coefficient (Wildman–Crippen LogP) is 3.02. The van der Waals surface area contributed by atoms with Crippen molar-refractivity contribution in [1.82, 2.24) is 0 Å². The van der Waals surface area contributed by atoms with Gasteiger partial charge in [0.05, 0.1) is 7.85 Å². The summed E-state index contributed by atoms with van der Waals surface area (Å²) in [6.45, 7) is 6.72. The van der Waals surface area contributed by atoms with Crippen LogP contribution in [-0.2, 0) is 0 Å². The van der Waals surface area contributed by atoms with Crippen LogP contribution < -0.4 is 5.30 Å². The van der Waals surface area contributed by atoms with Gasteiger partial charge in [-0.25, -0.2) is 0 Å². The molecule has 0 nitrogen and oxygen atoms in total. The lowest BCUT2D eigenvalue weighted by molar-refractivity contribution is 1.09. The molecule has 74 valence electrons. The van der Waals surface area contributed by atoms with E-state index < -0.39 is 0 Å². The number of benzene rings is 1. The molecule has 1 atom stereocenters. The van der Waals surface area contributed by atoms with E-state index in [0.717, 1.165) is 12.7 Å². The van der Waals surface area contributed by atoms with Gasteiger partial charge in [0.2, 0.25) is 0 Å². The Morgan fingerprint density at radius 1 is 1.29 bits per heavy atom. The van der Waals surface area contributed by atoms with E-state index in [2.05, 4.69) is 38.7 Å². The molecule has 2 radical (unpaired) electrons. The maximum Gasteiger partial charge on any atom is 0.0653 e. The summed E-state index contributed by atoms with van der Waals surface area (Å²) in [5.41, 5.74) is 2.80. The summed E-state index contributed by atoms with van der Waals surface area (Å²) in [6, 6.07) is 6.74. The van der Waals surface area contributed by atoms with Gasteiger partial charge >= 0.3 is 0 Å². The Hall–Kier alpha value is -0.285. The monoisotopic (exact) mass is 204 g/mol. The summed E-state index contributed by atoms with van der Waals surface area (Å²) in [4.78, 5) is 0. The zero-order chi connectivity index (χ0) is 10.6. The van der Waals surface area contributed by atoms with E-state index in [-0.39, 0.29) is 7.92 Å². The second kappa shape index (κ2) is 5.56. The number of hydrogen-bond donors (Lipinski definition) is 0. The van der Waals surface area contributed by atoms with Crippen molar-refractivity contribution in [2.24, 2.45) is 0 Å². The highest BCUT2D eigenvalue weighted by Gasteiger charge is 2.06. The Bertz CT molecular complexity index is 296. The van der Waals surface area contributed by atoms with E-state index in [4.69, 9.17) is 7.85 Å². The van der Waals surface area contributed by atoms with Crippen molar-refractivity contribution in [2.45, 2.75) is 26.6 Å². The highest BCUT2D eigenvalue weighted by Crippen LogP contribution is 2.32. The van der Waals surface area contributed by atoms with Gasteiger partial charge in [0.15, 0.2) is 0 Å². The lowest BCUT2D eigenvalue weighted by Crippen LogP contribution is -2.07. The summed E-state index contributed by atoms with van der Waals surface area (Å²) in [5, 5.41) is 1.55. The van der Waals surface area contributed by atoms with Crippen molar-refractivity contribution in [3.63, 3.8) is 0 Å². The highest BCUT2D eigenvalue weighted by atomic mass is 31.1. The van der Waals surface area contributed by atoms with Crippen LogP contribution in [0.2, 0.25) is 6.32 Å². The van der Waals surface area contributed by atoms with E-state index in [1.54, 1.807) is 5.30 Å². The fourth-order valence-electron chi connectivity index (χ4n) is 1.58. The average molecular weight is 204 g/mol. The molecule has 0 spiro atoms. The average Bonchev–Trinajstić information content (AvgIpc) is 2.18. The van der Waals surface area contributed by atoms with Gasteiger partial charge in [-0.2, -0.15) is 0 Å². The van der Waals surface area contributed by atoms with E-state index in [1.165, 1.54) is 17.3 Å². The Kier molecular flexibility index (Phi) is 4.68. The third-order valence-corrected chi connectivity index (χ3v) is 4.76. The molecule has 2 heteroatoms. The van der Waals surface area contributed by atoms with E-state index in [0.29, 0.717) is 0 Å². The molecule has 14 heavy (non-hydrogen) atoms. The molecule has 0 fully saturated rings. The number of aryl methyl sites for hydroxylation is 2. The molecule has 1 aromatic rings. The van der Waals surface area contributed by atoms with Crippen LogP contribution in [0.15, 0.2) is 18.2 Å².